The number of phenols is 1. The van der Waals surface area contributed by atoms with E-state index in [0.29, 0.717) is 18.6 Å². The van der Waals surface area contributed by atoms with Crippen LogP contribution >= 0.6 is 0 Å². The number of aryl methyl sites for hydroxylation is 1. The van der Waals surface area contributed by atoms with Gasteiger partial charge in [-0.15, -0.1) is 0 Å². The lowest BCUT2D eigenvalue weighted by atomic mass is 9.53. The quantitative estimate of drug-likeness (QED) is 0.744. The van der Waals surface area contributed by atoms with Gasteiger partial charge in [0.1, 0.15) is 6.10 Å². The van der Waals surface area contributed by atoms with Crippen LogP contribution in [0.4, 0.5) is 0 Å². The first-order valence-corrected chi connectivity index (χ1v) is 11.1. The number of likely N-dealkylation sites (tertiary alicyclic amines) is 1. The second kappa shape index (κ2) is 6.35. The molecule has 4 unspecified atom stereocenters. The van der Waals surface area contributed by atoms with Gasteiger partial charge in [-0.3, -0.25) is 4.90 Å². The summed E-state index contributed by atoms with van der Waals surface area (Å²) in [4.78, 5) is 2.53. The van der Waals surface area contributed by atoms with Crippen LogP contribution in [0.2, 0.25) is 0 Å². The fourth-order valence-electron chi connectivity index (χ4n) is 6.74. The SMILES string of the molecule is CCC1N(CC2CC2)CCCC23c4c(C)ccc(O)c4O[C@H]2C(O)CCC13O. The highest BCUT2D eigenvalue weighted by Gasteiger charge is 2.69. The number of hydrogen-bond donors (Lipinski definition) is 3. The average Bonchev–Trinajstić information content (AvgIpc) is 3.42. The number of fused-ring (bicyclic) bond motifs is 1. The number of benzene rings is 1. The van der Waals surface area contributed by atoms with Crippen LogP contribution in [-0.4, -0.2) is 57.2 Å². The maximum atomic E-state index is 12.5. The molecule has 2 aliphatic heterocycles. The highest BCUT2D eigenvalue weighted by atomic mass is 16.5. The zero-order chi connectivity index (χ0) is 19.7. The summed E-state index contributed by atoms with van der Waals surface area (Å²) in [5.74, 6) is 1.37. The number of nitrogens with zero attached hydrogens (tertiary/aromatic N) is 1. The number of hydrogen-bond acceptors (Lipinski definition) is 5. The minimum Gasteiger partial charge on any atom is -0.504 e. The average molecular weight is 388 g/mol. The zero-order valence-corrected chi connectivity index (χ0v) is 17.0. The van der Waals surface area contributed by atoms with Crippen LogP contribution < -0.4 is 4.74 Å². The Labute approximate surface area is 167 Å². The predicted octanol–water partition coefficient (Wildman–Crippen LogP) is 2.87. The third-order valence-corrected chi connectivity index (χ3v) is 8.05. The van der Waals surface area contributed by atoms with Crippen molar-refractivity contribution in [1.29, 1.82) is 0 Å². The van der Waals surface area contributed by atoms with Crippen molar-refractivity contribution < 1.29 is 20.1 Å². The number of phenolic OH excluding ortho intramolecular Hbond substituents is 1. The fourth-order valence-corrected chi connectivity index (χ4v) is 6.74. The summed E-state index contributed by atoms with van der Waals surface area (Å²) < 4.78 is 6.26. The van der Waals surface area contributed by atoms with Gasteiger partial charge in [0.2, 0.25) is 0 Å². The summed E-state index contributed by atoms with van der Waals surface area (Å²) in [6.07, 6.45) is 5.20. The molecule has 0 amide bonds. The van der Waals surface area contributed by atoms with Gasteiger partial charge in [0.15, 0.2) is 11.5 Å². The molecule has 3 fully saturated rings. The van der Waals surface area contributed by atoms with E-state index in [0.717, 1.165) is 49.4 Å². The smallest absolute Gasteiger partial charge is 0.165 e. The van der Waals surface area contributed by atoms with Crippen molar-refractivity contribution in [2.75, 3.05) is 13.1 Å². The molecule has 5 rings (SSSR count). The van der Waals surface area contributed by atoms with Crippen LogP contribution in [0.15, 0.2) is 12.1 Å². The Kier molecular flexibility index (Phi) is 4.24. The maximum Gasteiger partial charge on any atom is 0.165 e. The molecule has 0 aromatic heterocycles. The topological polar surface area (TPSA) is 73.2 Å². The Balaban J connectivity index is 1.69. The van der Waals surface area contributed by atoms with E-state index in [1.165, 1.54) is 12.8 Å². The van der Waals surface area contributed by atoms with E-state index in [1.807, 2.05) is 13.0 Å². The Morgan fingerprint density at radius 2 is 2.00 bits per heavy atom. The number of aliphatic hydroxyl groups excluding tert-OH is 1. The summed E-state index contributed by atoms with van der Waals surface area (Å²) in [7, 11) is 0. The van der Waals surface area contributed by atoms with Crippen molar-refractivity contribution >= 4 is 0 Å². The second-order valence-corrected chi connectivity index (χ2v) is 9.61. The molecular formula is C23H33NO4. The highest BCUT2D eigenvalue weighted by Crippen LogP contribution is 2.62. The lowest BCUT2D eigenvalue weighted by molar-refractivity contribution is -0.173. The van der Waals surface area contributed by atoms with E-state index >= 15 is 0 Å². The first-order chi connectivity index (χ1) is 13.4. The van der Waals surface area contributed by atoms with E-state index in [1.54, 1.807) is 6.07 Å². The summed E-state index contributed by atoms with van der Waals surface area (Å²) >= 11 is 0. The lowest BCUT2D eigenvalue weighted by Crippen LogP contribution is -2.70. The molecule has 1 saturated heterocycles. The van der Waals surface area contributed by atoms with Gasteiger partial charge in [-0.05, 0) is 76.0 Å². The van der Waals surface area contributed by atoms with Gasteiger partial charge in [0.25, 0.3) is 0 Å². The molecule has 5 atom stereocenters. The van der Waals surface area contributed by atoms with Crippen molar-refractivity contribution in [2.45, 2.75) is 88.1 Å². The monoisotopic (exact) mass is 387 g/mol. The van der Waals surface area contributed by atoms with Gasteiger partial charge < -0.3 is 20.1 Å². The fraction of sp³-hybridized carbons (Fsp3) is 0.739. The van der Waals surface area contributed by atoms with Gasteiger partial charge in [0.05, 0.1) is 17.1 Å². The summed E-state index contributed by atoms with van der Waals surface area (Å²) in [5.41, 5.74) is 0.335. The maximum absolute atomic E-state index is 12.5. The zero-order valence-electron chi connectivity index (χ0n) is 17.0. The number of ether oxygens (including phenoxy) is 1. The Hall–Kier alpha value is -1.30. The van der Waals surface area contributed by atoms with Crippen LogP contribution in [0.1, 0.15) is 63.0 Å². The highest BCUT2D eigenvalue weighted by molar-refractivity contribution is 5.59. The molecule has 28 heavy (non-hydrogen) atoms. The summed E-state index contributed by atoms with van der Waals surface area (Å²) in [6.45, 7) is 6.26. The van der Waals surface area contributed by atoms with E-state index in [-0.39, 0.29) is 11.8 Å². The molecule has 2 aliphatic carbocycles. The molecule has 1 aromatic carbocycles. The molecule has 0 bridgehead atoms. The van der Waals surface area contributed by atoms with E-state index in [2.05, 4.69) is 11.8 Å². The normalized spacial score (nSPS) is 40.2. The molecule has 2 saturated carbocycles. The predicted molar refractivity (Wildman–Crippen MR) is 107 cm³/mol. The van der Waals surface area contributed by atoms with Crippen molar-refractivity contribution in [3.8, 4) is 11.5 Å². The van der Waals surface area contributed by atoms with E-state index in [9.17, 15) is 15.3 Å². The lowest BCUT2D eigenvalue weighted by Gasteiger charge is -2.56. The Bertz CT molecular complexity index is 778. The molecule has 1 spiro atoms. The molecule has 154 valence electrons. The first kappa shape index (κ1) is 18.7. The van der Waals surface area contributed by atoms with E-state index in [4.69, 9.17) is 4.74 Å². The molecule has 3 N–H and O–H groups in total. The molecule has 5 nitrogen and oxygen atoms in total. The third kappa shape index (κ3) is 2.36. The van der Waals surface area contributed by atoms with Crippen molar-refractivity contribution in [3.63, 3.8) is 0 Å². The van der Waals surface area contributed by atoms with Crippen LogP contribution in [0.5, 0.6) is 11.5 Å². The van der Waals surface area contributed by atoms with E-state index < -0.39 is 23.2 Å². The molecule has 2 heterocycles. The third-order valence-electron chi connectivity index (χ3n) is 8.05. The standard InChI is InChI=1S/C23H33NO4/c1-3-18-23(27)11-9-17(26)21-22(23,10-4-12-24(18)13-15-6-7-15)19-14(2)5-8-16(25)20(19)28-21/h5,8,15,17-18,21,25-27H,3-4,6-7,9-13H2,1-2H3/t17?,18?,21-,22?,23?/m0/s1. The van der Waals surface area contributed by atoms with Crippen LogP contribution in [-0.2, 0) is 5.41 Å². The van der Waals surface area contributed by atoms with Gasteiger partial charge in [-0.1, -0.05) is 13.0 Å². The molecule has 1 aromatic rings. The van der Waals surface area contributed by atoms with Gasteiger partial charge in [-0.25, -0.2) is 0 Å². The second-order valence-electron chi connectivity index (χ2n) is 9.61. The number of aliphatic hydroxyl groups is 2. The minimum atomic E-state index is -0.971. The molecule has 0 radical (unpaired) electrons. The van der Waals surface area contributed by atoms with Gasteiger partial charge in [0, 0.05) is 18.2 Å². The van der Waals surface area contributed by atoms with Crippen molar-refractivity contribution in [2.24, 2.45) is 5.92 Å². The first-order valence-electron chi connectivity index (χ1n) is 11.1. The van der Waals surface area contributed by atoms with Crippen molar-refractivity contribution in [3.05, 3.63) is 23.3 Å². The molecule has 4 aliphatic rings. The van der Waals surface area contributed by atoms with Gasteiger partial charge in [-0.2, -0.15) is 0 Å². The molecular weight excluding hydrogens is 354 g/mol. The van der Waals surface area contributed by atoms with Crippen molar-refractivity contribution in [1.82, 2.24) is 4.90 Å². The van der Waals surface area contributed by atoms with Crippen LogP contribution in [0, 0.1) is 12.8 Å². The number of aromatic hydroxyl groups is 1. The largest absolute Gasteiger partial charge is 0.504 e. The van der Waals surface area contributed by atoms with Crippen LogP contribution in [0.3, 0.4) is 0 Å². The Morgan fingerprint density at radius 3 is 2.71 bits per heavy atom. The number of rotatable bonds is 3. The Morgan fingerprint density at radius 1 is 1.21 bits per heavy atom. The summed E-state index contributed by atoms with van der Waals surface area (Å²) in [5, 5.41) is 33.9. The minimum absolute atomic E-state index is 0.0434. The van der Waals surface area contributed by atoms with Crippen LogP contribution in [0.25, 0.3) is 0 Å². The summed E-state index contributed by atoms with van der Waals surface area (Å²) in [6, 6.07) is 3.63. The molecule has 5 heteroatoms. The van der Waals surface area contributed by atoms with Gasteiger partial charge >= 0.3 is 0 Å².